The normalized spacial score (nSPS) is 10.1. The van der Waals surface area contributed by atoms with Crippen LogP contribution in [0.25, 0.3) is 0 Å². The van der Waals surface area contributed by atoms with E-state index in [1.165, 1.54) is 23.1 Å². The maximum absolute atomic E-state index is 11.7. The molecule has 2 N–H and O–H groups in total. The van der Waals surface area contributed by atoms with E-state index in [1.807, 2.05) is 0 Å². The van der Waals surface area contributed by atoms with Gasteiger partial charge in [-0.25, -0.2) is 9.48 Å². The van der Waals surface area contributed by atoms with Crippen LogP contribution >= 0.6 is 0 Å². The minimum atomic E-state index is -1.09. The summed E-state index contributed by atoms with van der Waals surface area (Å²) in [6.07, 6.45) is 2.42. The van der Waals surface area contributed by atoms with Crippen molar-refractivity contribution in [3.8, 4) is 0 Å². The van der Waals surface area contributed by atoms with Crippen molar-refractivity contribution in [1.29, 1.82) is 0 Å². The third-order valence-electron chi connectivity index (χ3n) is 2.18. The Hall–Kier alpha value is -2.77. The summed E-state index contributed by atoms with van der Waals surface area (Å²) in [7, 11) is 1.63. The van der Waals surface area contributed by atoms with Crippen molar-refractivity contribution in [2.45, 2.75) is 0 Å². The summed E-state index contributed by atoms with van der Waals surface area (Å²) < 4.78 is 1.39. The van der Waals surface area contributed by atoms with E-state index in [9.17, 15) is 9.59 Å². The van der Waals surface area contributed by atoms with Crippen LogP contribution in [0.3, 0.4) is 0 Å². The number of amides is 1. The van der Waals surface area contributed by atoms with E-state index in [0.29, 0.717) is 0 Å². The highest BCUT2D eigenvalue weighted by molar-refractivity contribution is 6.02. The topological polar surface area (TPSA) is 110 Å². The first-order valence-corrected chi connectivity index (χ1v) is 4.92. The van der Waals surface area contributed by atoms with Gasteiger partial charge in [0.05, 0.1) is 5.56 Å². The van der Waals surface area contributed by atoms with Gasteiger partial charge in [0.15, 0.2) is 0 Å². The molecule has 2 aromatic rings. The fraction of sp³-hybridized carbons (Fsp3) is 0.100. The number of carboxylic acids is 1. The van der Waals surface area contributed by atoms with Gasteiger partial charge in [0.1, 0.15) is 12.0 Å². The molecule has 8 heteroatoms. The number of aromatic nitrogens is 4. The van der Waals surface area contributed by atoms with E-state index in [4.69, 9.17) is 5.11 Å². The van der Waals surface area contributed by atoms with E-state index in [-0.39, 0.29) is 17.2 Å². The Kier molecular flexibility index (Phi) is 3.00. The van der Waals surface area contributed by atoms with Gasteiger partial charge in [-0.3, -0.25) is 15.1 Å². The van der Waals surface area contributed by atoms with Crippen molar-refractivity contribution in [3.05, 3.63) is 35.9 Å². The van der Waals surface area contributed by atoms with Crippen LogP contribution in [0.5, 0.6) is 0 Å². The Morgan fingerprint density at radius 2 is 2.11 bits per heavy atom. The van der Waals surface area contributed by atoms with Gasteiger partial charge < -0.3 is 5.11 Å². The SMILES string of the molecule is Cn1ncnc1NC(=O)c1ccc(C(=O)O)cn1. The first kappa shape index (κ1) is 11.7. The van der Waals surface area contributed by atoms with Crippen LogP contribution in [-0.4, -0.2) is 36.7 Å². The molecule has 0 saturated carbocycles. The first-order chi connectivity index (χ1) is 8.58. The summed E-state index contributed by atoms with van der Waals surface area (Å²) in [6, 6.07) is 2.63. The zero-order chi connectivity index (χ0) is 13.1. The van der Waals surface area contributed by atoms with Gasteiger partial charge in [-0.05, 0) is 12.1 Å². The molecule has 8 nitrogen and oxygen atoms in total. The number of anilines is 1. The van der Waals surface area contributed by atoms with Gasteiger partial charge in [0, 0.05) is 13.2 Å². The number of hydrogen-bond donors (Lipinski definition) is 2. The van der Waals surface area contributed by atoms with Crippen molar-refractivity contribution < 1.29 is 14.7 Å². The molecule has 0 saturated heterocycles. The maximum atomic E-state index is 11.7. The Morgan fingerprint density at radius 3 is 2.61 bits per heavy atom. The summed E-state index contributed by atoms with van der Waals surface area (Å²) in [5, 5.41) is 15.0. The molecular weight excluding hydrogens is 238 g/mol. The van der Waals surface area contributed by atoms with Crippen LogP contribution in [0.2, 0.25) is 0 Å². The highest BCUT2D eigenvalue weighted by Gasteiger charge is 2.11. The van der Waals surface area contributed by atoms with Gasteiger partial charge in [0.2, 0.25) is 5.95 Å². The Balaban J connectivity index is 2.14. The average Bonchev–Trinajstić information content (AvgIpc) is 2.75. The smallest absolute Gasteiger partial charge is 0.337 e. The van der Waals surface area contributed by atoms with Crippen LogP contribution < -0.4 is 5.32 Å². The van der Waals surface area contributed by atoms with Crippen LogP contribution in [0, 0.1) is 0 Å². The molecule has 0 aliphatic heterocycles. The van der Waals surface area contributed by atoms with E-state index < -0.39 is 11.9 Å². The van der Waals surface area contributed by atoms with Gasteiger partial charge in [0.25, 0.3) is 5.91 Å². The third kappa shape index (κ3) is 2.32. The Bertz CT molecular complexity index is 590. The molecule has 0 fully saturated rings. The summed E-state index contributed by atoms with van der Waals surface area (Å²) in [6.45, 7) is 0. The summed E-state index contributed by atoms with van der Waals surface area (Å²) in [4.78, 5) is 29.9. The molecule has 18 heavy (non-hydrogen) atoms. The van der Waals surface area contributed by atoms with E-state index in [1.54, 1.807) is 7.05 Å². The Morgan fingerprint density at radius 1 is 1.33 bits per heavy atom. The van der Waals surface area contributed by atoms with Crippen LogP contribution in [-0.2, 0) is 7.05 Å². The second kappa shape index (κ2) is 4.62. The van der Waals surface area contributed by atoms with Crippen molar-refractivity contribution in [2.75, 3.05) is 5.32 Å². The summed E-state index contributed by atoms with van der Waals surface area (Å²) in [5.74, 6) is -1.30. The standard InChI is InChI=1S/C10H9N5O3/c1-15-10(12-5-13-15)14-8(16)7-3-2-6(4-11-7)9(17)18/h2-5H,1H3,(H,17,18)(H,12,13,14,16). The summed E-state index contributed by atoms with van der Waals surface area (Å²) >= 11 is 0. The lowest BCUT2D eigenvalue weighted by molar-refractivity contribution is 0.0696. The number of pyridine rings is 1. The summed E-state index contributed by atoms with van der Waals surface area (Å²) in [5.41, 5.74) is 0.119. The van der Waals surface area contributed by atoms with Crippen molar-refractivity contribution in [3.63, 3.8) is 0 Å². The number of carbonyl (C=O) groups is 2. The number of nitrogens with one attached hydrogen (secondary N) is 1. The average molecular weight is 247 g/mol. The number of aryl methyl sites for hydroxylation is 1. The zero-order valence-electron chi connectivity index (χ0n) is 9.36. The molecule has 0 atom stereocenters. The van der Waals surface area contributed by atoms with E-state index >= 15 is 0 Å². The van der Waals surface area contributed by atoms with Crippen molar-refractivity contribution in [1.82, 2.24) is 19.7 Å². The maximum Gasteiger partial charge on any atom is 0.337 e. The molecule has 0 radical (unpaired) electrons. The molecule has 92 valence electrons. The molecule has 0 spiro atoms. The highest BCUT2D eigenvalue weighted by atomic mass is 16.4. The number of aromatic carboxylic acids is 1. The molecule has 2 aromatic heterocycles. The van der Waals surface area contributed by atoms with Gasteiger partial charge in [-0.15, -0.1) is 0 Å². The molecule has 0 unspecified atom stereocenters. The lowest BCUT2D eigenvalue weighted by atomic mass is 10.2. The number of hydrogen-bond acceptors (Lipinski definition) is 5. The third-order valence-corrected chi connectivity index (χ3v) is 2.18. The molecule has 1 amide bonds. The molecule has 0 aromatic carbocycles. The highest BCUT2D eigenvalue weighted by Crippen LogP contribution is 2.04. The number of carbonyl (C=O) groups excluding carboxylic acids is 1. The zero-order valence-corrected chi connectivity index (χ0v) is 9.36. The second-order valence-corrected chi connectivity index (χ2v) is 3.40. The quantitative estimate of drug-likeness (QED) is 0.799. The van der Waals surface area contributed by atoms with Crippen molar-refractivity contribution in [2.24, 2.45) is 7.05 Å². The van der Waals surface area contributed by atoms with E-state index in [2.05, 4.69) is 20.4 Å². The predicted octanol–water partition coefficient (Wildman–Crippen LogP) is 0.161. The lowest BCUT2D eigenvalue weighted by Gasteiger charge is -2.03. The minimum Gasteiger partial charge on any atom is -0.478 e. The Labute approximate surface area is 101 Å². The fourth-order valence-corrected chi connectivity index (χ4v) is 1.23. The predicted molar refractivity (Wildman–Crippen MR) is 60.2 cm³/mol. The van der Waals surface area contributed by atoms with Crippen LogP contribution in [0.4, 0.5) is 5.95 Å². The molecular formula is C10H9N5O3. The molecule has 0 aliphatic carbocycles. The second-order valence-electron chi connectivity index (χ2n) is 3.40. The van der Waals surface area contributed by atoms with Crippen LogP contribution in [0.15, 0.2) is 24.7 Å². The molecule has 0 aliphatic rings. The van der Waals surface area contributed by atoms with Gasteiger partial charge >= 0.3 is 5.97 Å². The van der Waals surface area contributed by atoms with Gasteiger partial charge in [-0.2, -0.15) is 10.1 Å². The first-order valence-electron chi connectivity index (χ1n) is 4.92. The van der Waals surface area contributed by atoms with Crippen LogP contribution in [0.1, 0.15) is 20.8 Å². The monoisotopic (exact) mass is 247 g/mol. The molecule has 2 heterocycles. The molecule has 2 rings (SSSR count). The minimum absolute atomic E-state index is 0.0187. The number of nitrogens with zero attached hydrogens (tertiary/aromatic N) is 4. The lowest BCUT2D eigenvalue weighted by Crippen LogP contribution is -2.17. The fourth-order valence-electron chi connectivity index (χ4n) is 1.23. The number of carboxylic acid groups (broad SMARTS) is 1. The van der Waals surface area contributed by atoms with Crippen molar-refractivity contribution >= 4 is 17.8 Å². The largest absolute Gasteiger partial charge is 0.478 e. The van der Waals surface area contributed by atoms with Gasteiger partial charge in [-0.1, -0.05) is 0 Å². The molecule has 0 bridgehead atoms. The van der Waals surface area contributed by atoms with E-state index in [0.717, 1.165) is 6.20 Å². The number of rotatable bonds is 3.